The van der Waals surface area contributed by atoms with Crippen molar-refractivity contribution >= 4 is 50.5 Å². The second kappa shape index (κ2) is 6.31. The summed E-state index contributed by atoms with van der Waals surface area (Å²) in [4.78, 5) is 23.5. The molecule has 0 saturated carbocycles. The fourth-order valence-corrected chi connectivity index (χ4v) is 3.73. The van der Waals surface area contributed by atoms with Gasteiger partial charge in [0.25, 0.3) is 5.69 Å². The van der Waals surface area contributed by atoms with Crippen molar-refractivity contribution in [1.29, 1.82) is 0 Å². The van der Waals surface area contributed by atoms with E-state index in [0.29, 0.717) is 9.77 Å². The van der Waals surface area contributed by atoms with Gasteiger partial charge in [0.15, 0.2) is 5.78 Å². The summed E-state index contributed by atoms with van der Waals surface area (Å²) in [6, 6.07) is 9.99. The molecule has 0 spiro atoms. The quantitative estimate of drug-likeness (QED) is 0.344. The van der Waals surface area contributed by atoms with Gasteiger partial charge in [0.2, 0.25) is 0 Å². The predicted molar refractivity (Wildman–Crippen MR) is 80.2 cm³/mol. The number of thioether (sulfide) groups is 1. The zero-order chi connectivity index (χ0) is 13.8. The first-order valence-electron chi connectivity index (χ1n) is 5.22. The SMILES string of the molecule is O=C(CSc1ccccc1[N+](=O)[O-])c1ccc(Br)s1. The second-order valence-electron chi connectivity index (χ2n) is 3.54. The highest BCUT2D eigenvalue weighted by Gasteiger charge is 2.15. The van der Waals surface area contributed by atoms with Gasteiger partial charge >= 0.3 is 0 Å². The number of Topliss-reactive ketones (excluding diaryl/α,β-unsaturated/α-hetero) is 1. The van der Waals surface area contributed by atoms with Gasteiger partial charge in [-0.3, -0.25) is 14.9 Å². The molecule has 0 radical (unpaired) electrons. The Morgan fingerprint density at radius 2 is 2.05 bits per heavy atom. The van der Waals surface area contributed by atoms with Crippen LogP contribution in [0.1, 0.15) is 9.67 Å². The number of nitrogens with zero attached hydrogens (tertiary/aromatic N) is 1. The maximum Gasteiger partial charge on any atom is 0.282 e. The number of hydrogen-bond acceptors (Lipinski definition) is 5. The van der Waals surface area contributed by atoms with Crippen molar-refractivity contribution in [2.45, 2.75) is 4.90 Å². The number of nitro benzene ring substituents is 1. The van der Waals surface area contributed by atoms with Crippen molar-refractivity contribution in [3.63, 3.8) is 0 Å². The van der Waals surface area contributed by atoms with E-state index in [1.54, 1.807) is 24.3 Å². The molecule has 0 aliphatic heterocycles. The van der Waals surface area contributed by atoms with Crippen LogP contribution in [-0.2, 0) is 0 Å². The largest absolute Gasteiger partial charge is 0.292 e. The fraction of sp³-hybridized carbons (Fsp3) is 0.0833. The van der Waals surface area contributed by atoms with Crippen LogP contribution in [0.3, 0.4) is 0 Å². The first kappa shape index (κ1) is 14.2. The predicted octanol–water partition coefficient (Wildman–Crippen LogP) is 4.39. The van der Waals surface area contributed by atoms with Gasteiger partial charge in [-0.15, -0.1) is 23.1 Å². The van der Waals surface area contributed by atoms with Crippen LogP contribution in [0.5, 0.6) is 0 Å². The number of halogens is 1. The number of hydrogen-bond donors (Lipinski definition) is 0. The van der Waals surface area contributed by atoms with Gasteiger partial charge in [-0.05, 0) is 34.1 Å². The molecule has 98 valence electrons. The summed E-state index contributed by atoms with van der Waals surface area (Å²) < 4.78 is 0.895. The van der Waals surface area contributed by atoms with E-state index in [1.165, 1.54) is 29.2 Å². The average molecular weight is 358 g/mol. The van der Waals surface area contributed by atoms with E-state index >= 15 is 0 Å². The molecule has 1 aromatic carbocycles. The van der Waals surface area contributed by atoms with Crippen LogP contribution in [-0.4, -0.2) is 16.5 Å². The van der Waals surface area contributed by atoms with Crippen molar-refractivity contribution in [3.05, 3.63) is 55.2 Å². The number of carbonyl (C=O) groups is 1. The van der Waals surface area contributed by atoms with E-state index < -0.39 is 4.92 Å². The Balaban J connectivity index is 2.07. The minimum atomic E-state index is -0.436. The molecule has 0 N–H and O–H groups in total. The van der Waals surface area contributed by atoms with Crippen LogP contribution in [0.2, 0.25) is 0 Å². The van der Waals surface area contributed by atoms with Crippen LogP contribution in [0, 0.1) is 10.1 Å². The third-order valence-electron chi connectivity index (χ3n) is 2.27. The highest BCUT2D eigenvalue weighted by molar-refractivity contribution is 9.11. The fourth-order valence-electron chi connectivity index (χ4n) is 1.41. The standard InChI is InChI=1S/C12H8BrNO3S2/c13-12-6-5-11(19-12)9(15)7-18-10-4-2-1-3-8(10)14(16)17/h1-6H,7H2. The maximum absolute atomic E-state index is 11.9. The third-order valence-corrected chi connectivity index (χ3v) is 5.00. The minimum Gasteiger partial charge on any atom is -0.292 e. The van der Waals surface area contributed by atoms with Gasteiger partial charge in [-0.2, -0.15) is 0 Å². The molecule has 0 saturated heterocycles. The zero-order valence-corrected chi connectivity index (χ0v) is 12.8. The van der Waals surface area contributed by atoms with Gasteiger partial charge in [0.05, 0.1) is 24.2 Å². The van der Waals surface area contributed by atoms with E-state index in [0.717, 1.165) is 3.79 Å². The normalized spacial score (nSPS) is 10.4. The molecule has 0 aliphatic carbocycles. The molecule has 0 atom stereocenters. The monoisotopic (exact) mass is 357 g/mol. The molecule has 7 heteroatoms. The van der Waals surface area contributed by atoms with Crippen LogP contribution in [0.25, 0.3) is 0 Å². The maximum atomic E-state index is 11.9. The van der Waals surface area contributed by atoms with Gasteiger partial charge in [-0.1, -0.05) is 12.1 Å². The molecule has 0 fully saturated rings. The topological polar surface area (TPSA) is 60.2 Å². The number of benzene rings is 1. The summed E-state index contributed by atoms with van der Waals surface area (Å²) >= 11 is 5.85. The molecular formula is C12H8BrNO3S2. The number of rotatable bonds is 5. The first-order chi connectivity index (χ1) is 9.08. The summed E-state index contributed by atoms with van der Waals surface area (Å²) in [5.41, 5.74) is 0.0349. The Bertz CT molecular complexity index is 627. The van der Waals surface area contributed by atoms with Gasteiger partial charge in [-0.25, -0.2) is 0 Å². The number of ketones is 1. The molecule has 0 amide bonds. The van der Waals surface area contributed by atoms with Crippen LogP contribution < -0.4 is 0 Å². The number of para-hydroxylation sites is 1. The average Bonchev–Trinajstić information content (AvgIpc) is 2.83. The van der Waals surface area contributed by atoms with Crippen molar-refractivity contribution in [3.8, 4) is 0 Å². The molecule has 0 bridgehead atoms. The molecule has 0 aliphatic rings. The highest BCUT2D eigenvalue weighted by Crippen LogP contribution is 2.30. The Kier molecular flexibility index (Phi) is 4.73. The summed E-state index contributed by atoms with van der Waals surface area (Å²) in [7, 11) is 0. The number of thiophene rings is 1. The molecule has 19 heavy (non-hydrogen) atoms. The van der Waals surface area contributed by atoms with Crippen molar-refractivity contribution in [1.82, 2.24) is 0 Å². The van der Waals surface area contributed by atoms with Crippen molar-refractivity contribution in [2.75, 3.05) is 5.75 Å². The molecule has 1 heterocycles. The molecule has 1 aromatic heterocycles. The zero-order valence-electron chi connectivity index (χ0n) is 9.54. The lowest BCUT2D eigenvalue weighted by atomic mass is 10.3. The van der Waals surface area contributed by atoms with E-state index in [9.17, 15) is 14.9 Å². The molecule has 2 rings (SSSR count). The Labute approximate surface area is 126 Å². The van der Waals surface area contributed by atoms with Crippen molar-refractivity contribution in [2.24, 2.45) is 0 Å². The smallest absolute Gasteiger partial charge is 0.282 e. The lowest BCUT2D eigenvalue weighted by molar-refractivity contribution is -0.387. The minimum absolute atomic E-state index is 0.0288. The summed E-state index contributed by atoms with van der Waals surface area (Å²) in [6.45, 7) is 0. The van der Waals surface area contributed by atoms with Gasteiger partial charge in [0.1, 0.15) is 0 Å². The number of nitro groups is 1. The number of carbonyl (C=O) groups excluding carboxylic acids is 1. The van der Waals surface area contributed by atoms with E-state index in [1.807, 2.05) is 6.07 Å². The van der Waals surface area contributed by atoms with E-state index in [2.05, 4.69) is 15.9 Å². The van der Waals surface area contributed by atoms with Crippen molar-refractivity contribution < 1.29 is 9.72 Å². The Hall–Kier alpha value is -1.18. The molecule has 2 aromatic rings. The van der Waals surface area contributed by atoms with Gasteiger partial charge in [0, 0.05) is 6.07 Å². The van der Waals surface area contributed by atoms with Crippen LogP contribution >= 0.6 is 39.0 Å². The molecule has 0 unspecified atom stereocenters. The molecule has 4 nitrogen and oxygen atoms in total. The molecular weight excluding hydrogens is 350 g/mol. The first-order valence-corrected chi connectivity index (χ1v) is 7.82. The van der Waals surface area contributed by atoms with E-state index in [4.69, 9.17) is 0 Å². The van der Waals surface area contributed by atoms with Crippen LogP contribution in [0.4, 0.5) is 5.69 Å². The third kappa shape index (κ3) is 3.65. The summed E-state index contributed by atoms with van der Waals surface area (Å²) in [6.07, 6.45) is 0. The Morgan fingerprint density at radius 1 is 1.32 bits per heavy atom. The highest BCUT2D eigenvalue weighted by atomic mass is 79.9. The lowest BCUT2D eigenvalue weighted by Crippen LogP contribution is -2.00. The van der Waals surface area contributed by atoms with E-state index in [-0.39, 0.29) is 17.2 Å². The summed E-state index contributed by atoms with van der Waals surface area (Å²) in [5.74, 6) is 0.163. The van der Waals surface area contributed by atoms with Gasteiger partial charge < -0.3 is 0 Å². The summed E-state index contributed by atoms with van der Waals surface area (Å²) in [5, 5.41) is 10.8. The van der Waals surface area contributed by atoms with Crippen LogP contribution in [0.15, 0.2) is 45.1 Å². The lowest BCUT2D eigenvalue weighted by Gasteiger charge is -2.01. The Morgan fingerprint density at radius 3 is 2.68 bits per heavy atom. The second-order valence-corrected chi connectivity index (χ2v) is 7.02.